The van der Waals surface area contributed by atoms with Crippen molar-refractivity contribution < 1.29 is 17.9 Å². The number of nitrogens with zero attached hydrogens (tertiary/aromatic N) is 4. The van der Waals surface area contributed by atoms with Crippen molar-refractivity contribution in [1.29, 1.82) is 0 Å². The van der Waals surface area contributed by atoms with Gasteiger partial charge in [-0.15, -0.1) is 0 Å². The largest absolute Gasteiger partial charge is 0.394 e. The topological polar surface area (TPSA) is 144 Å². The van der Waals surface area contributed by atoms with E-state index in [0.29, 0.717) is 30.1 Å². The van der Waals surface area contributed by atoms with Crippen molar-refractivity contribution in [1.82, 2.24) is 19.9 Å². The van der Waals surface area contributed by atoms with E-state index < -0.39 is 21.7 Å². The number of hydrogen-bond acceptors (Lipinski definition) is 8. The predicted octanol–water partition coefficient (Wildman–Crippen LogP) is 1.36. The minimum absolute atomic E-state index is 0.00865. The van der Waals surface area contributed by atoms with Crippen molar-refractivity contribution in [3.05, 3.63) is 41.5 Å². The first-order valence-corrected chi connectivity index (χ1v) is 11.0. The minimum Gasteiger partial charge on any atom is -0.394 e. The molecule has 0 radical (unpaired) electrons. The van der Waals surface area contributed by atoms with Crippen molar-refractivity contribution in [3.8, 4) is 0 Å². The molecule has 2 aromatic heterocycles. The summed E-state index contributed by atoms with van der Waals surface area (Å²) >= 11 is 0. The molecule has 0 spiro atoms. The maximum Gasteiger partial charge on any atom is 0.226 e. The number of rotatable bonds is 10. The number of aromatic nitrogens is 4. The number of primary sulfonamides is 1. The lowest BCUT2D eigenvalue weighted by Crippen LogP contribution is -2.28. The Morgan fingerprint density at radius 1 is 1.21 bits per heavy atom. The fraction of sp³-hybridized carbons (Fsp3) is 0.556. The Balaban J connectivity index is 2.30. The smallest absolute Gasteiger partial charge is 0.226 e. The molecule has 0 saturated carbocycles. The molecule has 0 aliphatic carbocycles. The molecule has 160 valence electrons. The van der Waals surface area contributed by atoms with Crippen molar-refractivity contribution >= 4 is 16.0 Å². The highest BCUT2D eigenvalue weighted by molar-refractivity contribution is 7.88. The van der Waals surface area contributed by atoms with E-state index in [2.05, 4.69) is 25.3 Å². The zero-order chi connectivity index (χ0) is 21.6. The summed E-state index contributed by atoms with van der Waals surface area (Å²) in [6.45, 7) is 5.78. The molecule has 2 heterocycles. The second kappa shape index (κ2) is 9.99. The van der Waals surface area contributed by atoms with E-state index in [9.17, 15) is 17.9 Å². The molecule has 29 heavy (non-hydrogen) atoms. The highest BCUT2D eigenvalue weighted by atomic mass is 32.2. The Kier molecular flexibility index (Phi) is 7.94. The monoisotopic (exact) mass is 426 g/mol. The van der Waals surface area contributed by atoms with Crippen LogP contribution in [0.2, 0.25) is 0 Å². The van der Waals surface area contributed by atoms with Gasteiger partial charge in [-0.1, -0.05) is 20.8 Å². The van der Waals surface area contributed by atoms with Crippen LogP contribution in [0.25, 0.3) is 0 Å². The maximum atomic E-state index is 13.4. The lowest BCUT2D eigenvalue weighted by atomic mass is 9.98. The van der Waals surface area contributed by atoms with E-state index in [-0.39, 0.29) is 30.3 Å². The van der Waals surface area contributed by atoms with Crippen LogP contribution in [0.3, 0.4) is 0 Å². The first-order valence-electron chi connectivity index (χ1n) is 9.29. The fourth-order valence-corrected chi connectivity index (χ4v) is 3.40. The Morgan fingerprint density at radius 3 is 2.48 bits per heavy atom. The first kappa shape index (κ1) is 23.0. The van der Waals surface area contributed by atoms with Gasteiger partial charge in [0.05, 0.1) is 12.6 Å². The second-order valence-electron chi connectivity index (χ2n) is 7.47. The van der Waals surface area contributed by atoms with E-state index >= 15 is 0 Å². The first-order chi connectivity index (χ1) is 13.6. The van der Waals surface area contributed by atoms with Crippen LogP contribution in [-0.2, 0) is 22.2 Å². The zero-order valence-electron chi connectivity index (χ0n) is 16.7. The van der Waals surface area contributed by atoms with Gasteiger partial charge in [-0.05, 0) is 36.0 Å². The van der Waals surface area contributed by atoms with Crippen molar-refractivity contribution in [2.75, 3.05) is 11.9 Å². The number of pyridine rings is 1. The Hall–Kier alpha value is -2.24. The van der Waals surface area contributed by atoms with E-state index in [1.165, 1.54) is 12.3 Å². The van der Waals surface area contributed by atoms with Crippen LogP contribution in [0, 0.1) is 11.9 Å². The van der Waals surface area contributed by atoms with Crippen LogP contribution in [0.15, 0.2) is 18.3 Å². The van der Waals surface area contributed by atoms with Crippen molar-refractivity contribution in [2.45, 2.75) is 51.3 Å². The van der Waals surface area contributed by atoms with Crippen LogP contribution in [-0.4, -0.2) is 46.1 Å². The second-order valence-corrected chi connectivity index (χ2v) is 9.08. The van der Waals surface area contributed by atoms with Crippen molar-refractivity contribution in [3.63, 3.8) is 0 Å². The molecule has 0 aliphatic heterocycles. The molecule has 4 N–H and O–H groups in total. The van der Waals surface area contributed by atoms with Gasteiger partial charge in [-0.2, -0.15) is 14.4 Å². The van der Waals surface area contributed by atoms with Gasteiger partial charge < -0.3 is 10.4 Å². The molecule has 0 fully saturated rings. The molecular formula is C18H27FN6O3S. The minimum atomic E-state index is -3.84. The van der Waals surface area contributed by atoms with Crippen LogP contribution in [0.1, 0.15) is 50.3 Å². The Bertz CT molecular complexity index is 926. The van der Waals surface area contributed by atoms with Crippen LogP contribution in [0.4, 0.5) is 10.3 Å². The molecule has 0 saturated heterocycles. The van der Waals surface area contributed by atoms with Crippen LogP contribution in [0.5, 0.6) is 0 Å². The van der Waals surface area contributed by atoms with Crippen LogP contribution < -0.4 is 10.5 Å². The molecule has 2 rings (SSSR count). The highest BCUT2D eigenvalue weighted by Gasteiger charge is 2.18. The average Bonchev–Trinajstić information content (AvgIpc) is 2.59. The summed E-state index contributed by atoms with van der Waals surface area (Å²) in [7, 11) is -3.84. The molecule has 0 amide bonds. The van der Waals surface area contributed by atoms with Crippen molar-refractivity contribution in [2.24, 2.45) is 11.1 Å². The Morgan fingerprint density at radius 2 is 1.90 bits per heavy atom. The lowest BCUT2D eigenvalue weighted by Gasteiger charge is -2.19. The van der Waals surface area contributed by atoms with Gasteiger partial charge in [0.25, 0.3) is 0 Å². The predicted molar refractivity (Wildman–Crippen MR) is 107 cm³/mol. The summed E-state index contributed by atoms with van der Waals surface area (Å²) in [6.07, 6.45) is 2.38. The number of halogens is 1. The molecule has 0 aromatic carbocycles. The molecular weight excluding hydrogens is 399 g/mol. The molecule has 0 bridgehead atoms. The molecule has 11 heteroatoms. The molecule has 0 unspecified atom stereocenters. The van der Waals surface area contributed by atoms with Gasteiger partial charge in [0, 0.05) is 12.6 Å². The molecule has 0 aliphatic rings. The lowest BCUT2D eigenvalue weighted by molar-refractivity contribution is 0.259. The quantitative estimate of drug-likeness (QED) is 0.483. The van der Waals surface area contributed by atoms with Gasteiger partial charge in [0.2, 0.25) is 21.9 Å². The summed E-state index contributed by atoms with van der Waals surface area (Å²) in [6, 6.07) is 2.74. The third kappa shape index (κ3) is 7.95. The summed E-state index contributed by atoms with van der Waals surface area (Å²) in [5.41, 5.74) is 0.716. The van der Waals surface area contributed by atoms with Crippen LogP contribution >= 0.6 is 0 Å². The van der Waals surface area contributed by atoms with Gasteiger partial charge in [-0.25, -0.2) is 23.5 Å². The number of sulfonamides is 1. The third-order valence-corrected chi connectivity index (χ3v) is 4.84. The fourth-order valence-electron chi connectivity index (χ4n) is 2.92. The number of anilines is 1. The maximum absolute atomic E-state index is 13.4. The standard InChI is InChI=1S/C18H27FN6O3S/c1-11(2)6-14(9-26)22-18-24-16(23-17(25-18)10-29(20,27)28)7-12(3)13-4-5-21-15(19)8-13/h4-5,8,11-12,14,26H,6-7,9-10H2,1-3H3,(H2,20,27,28)(H,22,23,24,25)/t12-,14-/m1/s1. The summed E-state index contributed by atoms with van der Waals surface area (Å²) < 4.78 is 36.4. The number of aliphatic hydroxyl groups excluding tert-OH is 1. The van der Waals surface area contributed by atoms with E-state index in [1.807, 2.05) is 20.8 Å². The number of aliphatic hydroxyl groups is 1. The van der Waals surface area contributed by atoms with Gasteiger partial charge >= 0.3 is 0 Å². The molecule has 2 aromatic rings. The SMILES string of the molecule is CC(C)C[C@H](CO)Nc1nc(C[C@@H](C)c2ccnc(F)c2)nc(CS(N)(=O)=O)n1. The number of hydrogen-bond donors (Lipinski definition) is 3. The van der Waals surface area contributed by atoms with E-state index in [0.717, 1.165) is 0 Å². The third-order valence-electron chi connectivity index (χ3n) is 4.18. The Labute approximate surface area is 170 Å². The molecule has 2 atom stereocenters. The number of nitrogens with two attached hydrogens (primary N) is 1. The summed E-state index contributed by atoms with van der Waals surface area (Å²) in [4.78, 5) is 16.2. The summed E-state index contributed by atoms with van der Waals surface area (Å²) in [5.74, 6) is -0.422. The average molecular weight is 427 g/mol. The summed E-state index contributed by atoms with van der Waals surface area (Å²) in [5, 5.41) is 17.8. The zero-order valence-corrected chi connectivity index (χ0v) is 17.5. The normalized spacial score (nSPS) is 14.0. The molecule has 9 nitrogen and oxygen atoms in total. The van der Waals surface area contributed by atoms with E-state index in [4.69, 9.17) is 5.14 Å². The number of nitrogens with one attached hydrogen (secondary N) is 1. The van der Waals surface area contributed by atoms with Gasteiger partial charge in [0.1, 0.15) is 11.6 Å². The van der Waals surface area contributed by atoms with E-state index in [1.54, 1.807) is 6.07 Å². The highest BCUT2D eigenvalue weighted by Crippen LogP contribution is 2.20. The van der Waals surface area contributed by atoms with Gasteiger partial charge in [-0.3, -0.25) is 0 Å². The van der Waals surface area contributed by atoms with Gasteiger partial charge in [0.15, 0.2) is 5.82 Å².